The Labute approximate surface area is 75.6 Å². The van der Waals surface area contributed by atoms with Gasteiger partial charge in [-0.15, -0.1) is 0 Å². The van der Waals surface area contributed by atoms with E-state index in [1.165, 1.54) is 13.0 Å². The number of nitrogens with zero attached hydrogens (tertiary/aromatic N) is 1. The van der Waals surface area contributed by atoms with Gasteiger partial charge in [0.2, 0.25) is 0 Å². The molecule has 1 aliphatic rings. The molecule has 1 rings (SSSR count). The van der Waals surface area contributed by atoms with Gasteiger partial charge in [0.25, 0.3) is 0 Å². The lowest BCUT2D eigenvalue weighted by molar-refractivity contribution is 0.156. The standard InChI is InChI=1S/C10H21NO/c1-9-7-10(2,3)11(8-9)5-4-6-12/h9,12H,4-8H2,1-3H3. The minimum Gasteiger partial charge on any atom is -0.396 e. The minimum absolute atomic E-state index is 0.320. The lowest BCUT2D eigenvalue weighted by Crippen LogP contribution is -2.38. The summed E-state index contributed by atoms with van der Waals surface area (Å²) in [6.07, 6.45) is 2.20. The highest BCUT2D eigenvalue weighted by Gasteiger charge is 2.35. The zero-order valence-electron chi connectivity index (χ0n) is 8.51. The maximum Gasteiger partial charge on any atom is 0.0443 e. The summed E-state index contributed by atoms with van der Waals surface area (Å²) in [6, 6.07) is 0. The van der Waals surface area contributed by atoms with E-state index in [4.69, 9.17) is 5.11 Å². The first-order valence-corrected chi connectivity index (χ1v) is 4.92. The van der Waals surface area contributed by atoms with E-state index in [1.807, 2.05) is 0 Å². The molecule has 0 saturated carbocycles. The molecule has 0 aromatic rings. The average molecular weight is 171 g/mol. The van der Waals surface area contributed by atoms with Crippen molar-refractivity contribution in [3.63, 3.8) is 0 Å². The number of rotatable bonds is 3. The summed E-state index contributed by atoms with van der Waals surface area (Å²) in [5, 5.41) is 8.74. The highest BCUT2D eigenvalue weighted by molar-refractivity contribution is 4.90. The Morgan fingerprint density at radius 1 is 1.50 bits per heavy atom. The van der Waals surface area contributed by atoms with Crippen LogP contribution in [0.3, 0.4) is 0 Å². The summed E-state index contributed by atoms with van der Waals surface area (Å²) < 4.78 is 0. The maximum absolute atomic E-state index is 8.74. The highest BCUT2D eigenvalue weighted by Crippen LogP contribution is 2.31. The van der Waals surface area contributed by atoms with Gasteiger partial charge in [0.05, 0.1) is 0 Å². The molecule has 1 fully saturated rings. The van der Waals surface area contributed by atoms with Crippen LogP contribution in [0.25, 0.3) is 0 Å². The molecule has 0 aromatic carbocycles. The maximum atomic E-state index is 8.74. The Morgan fingerprint density at radius 2 is 2.17 bits per heavy atom. The van der Waals surface area contributed by atoms with Crippen molar-refractivity contribution in [2.45, 2.75) is 39.2 Å². The van der Waals surface area contributed by atoms with Gasteiger partial charge in [-0.2, -0.15) is 0 Å². The van der Waals surface area contributed by atoms with Crippen molar-refractivity contribution >= 4 is 0 Å². The van der Waals surface area contributed by atoms with Crippen LogP contribution in [0.5, 0.6) is 0 Å². The molecular formula is C10H21NO. The molecule has 1 unspecified atom stereocenters. The molecule has 0 bridgehead atoms. The second-order valence-electron chi connectivity index (χ2n) is 4.64. The first-order valence-electron chi connectivity index (χ1n) is 4.92. The average Bonchev–Trinajstić information content (AvgIpc) is 2.20. The lowest BCUT2D eigenvalue weighted by atomic mass is 9.98. The molecule has 2 heteroatoms. The zero-order valence-corrected chi connectivity index (χ0v) is 8.51. The molecule has 1 saturated heterocycles. The van der Waals surface area contributed by atoms with Gasteiger partial charge in [-0.1, -0.05) is 6.92 Å². The predicted octanol–water partition coefficient (Wildman–Crippen LogP) is 1.49. The van der Waals surface area contributed by atoms with Crippen molar-refractivity contribution in [2.24, 2.45) is 5.92 Å². The quantitative estimate of drug-likeness (QED) is 0.695. The topological polar surface area (TPSA) is 23.5 Å². The van der Waals surface area contributed by atoms with E-state index in [1.54, 1.807) is 0 Å². The van der Waals surface area contributed by atoms with E-state index in [-0.39, 0.29) is 0 Å². The van der Waals surface area contributed by atoms with Crippen LogP contribution in [0.1, 0.15) is 33.6 Å². The van der Waals surface area contributed by atoms with E-state index in [2.05, 4.69) is 25.7 Å². The van der Waals surface area contributed by atoms with Crippen LogP contribution in [0.15, 0.2) is 0 Å². The fraction of sp³-hybridized carbons (Fsp3) is 1.00. The van der Waals surface area contributed by atoms with Crippen molar-refractivity contribution in [2.75, 3.05) is 19.7 Å². The van der Waals surface area contributed by atoms with Crippen LogP contribution < -0.4 is 0 Å². The van der Waals surface area contributed by atoms with Crippen molar-refractivity contribution in [1.29, 1.82) is 0 Å². The van der Waals surface area contributed by atoms with Crippen molar-refractivity contribution in [3.05, 3.63) is 0 Å². The minimum atomic E-state index is 0.320. The summed E-state index contributed by atoms with van der Waals surface area (Å²) in [6.45, 7) is 9.48. The Bertz CT molecular complexity index is 145. The van der Waals surface area contributed by atoms with Gasteiger partial charge in [-0.25, -0.2) is 0 Å². The first kappa shape index (κ1) is 10.0. The third kappa shape index (κ3) is 2.20. The van der Waals surface area contributed by atoms with Gasteiger partial charge in [0.1, 0.15) is 0 Å². The third-order valence-electron chi connectivity index (χ3n) is 2.82. The Kier molecular flexibility index (Phi) is 3.13. The summed E-state index contributed by atoms with van der Waals surface area (Å²) >= 11 is 0. The Morgan fingerprint density at radius 3 is 2.58 bits per heavy atom. The van der Waals surface area contributed by atoms with E-state index in [9.17, 15) is 0 Å². The highest BCUT2D eigenvalue weighted by atomic mass is 16.3. The van der Waals surface area contributed by atoms with Crippen LogP contribution in [0.2, 0.25) is 0 Å². The van der Waals surface area contributed by atoms with E-state index >= 15 is 0 Å². The fourth-order valence-corrected chi connectivity index (χ4v) is 2.33. The van der Waals surface area contributed by atoms with Gasteiger partial charge in [-0.3, -0.25) is 4.90 Å². The van der Waals surface area contributed by atoms with Gasteiger partial charge in [0, 0.05) is 25.2 Å². The molecule has 0 aliphatic carbocycles. The molecule has 0 spiro atoms. The van der Waals surface area contributed by atoms with Crippen LogP contribution in [-0.2, 0) is 0 Å². The lowest BCUT2D eigenvalue weighted by Gasteiger charge is -2.31. The molecule has 0 radical (unpaired) electrons. The number of aliphatic hydroxyl groups excluding tert-OH is 1. The summed E-state index contributed by atoms with van der Waals surface area (Å²) in [5.41, 5.74) is 0.356. The number of likely N-dealkylation sites (tertiary alicyclic amines) is 1. The second kappa shape index (κ2) is 3.75. The molecule has 2 nitrogen and oxygen atoms in total. The van der Waals surface area contributed by atoms with Crippen LogP contribution >= 0.6 is 0 Å². The zero-order chi connectivity index (χ0) is 9.19. The number of hydrogen-bond donors (Lipinski definition) is 1. The molecular weight excluding hydrogens is 150 g/mol. The molecule has 1 aliphatic heterocycles. The van der Waals surface area contributed by atoms with E-state index < -0.39 is 0 Å². The fourth-order valence-electron chi connectivity index (χ4n) is 2.33. The molecule has 72 valence electrons. The second-order valence-corrected chi connectivity index (χ2v) is 4.64. The van der Waals surface area contributed by atoms with Crippen molar-refractivity contribution in [1.82, 2.24) is 4.90 Å². The predicted molar refractivity (Wildman–Crippen MR) is 51.1 cm³/mol. The van der Waals surface area contributed by atoms with Crippen molar-refractivity contribution < 1.29 is 5.11 Å². The van der Waals surface area contributed by atoms with E-state index in [0.29, 0.717) is 12.1 Å². The first-order chi connectivity index (χ1) is 5.56. The molecule has 12 heavy (non-hydrogen) atoms. The molecule has 1 heterocycles. The largest absolute Gasteiger partial charge is 0.396 e. The van der Waals surface area contributed by atoms with Crippen LogP contribution in [0, 0.1) is 5.92 Å². The van der Waals surface area contributed by atoms with Crippen LogP contribution in [-0.4, -0.2) is 35.2 Å². The molecule has 1 N–H and O–H groups in total. The van der Waals surface area contributed by atoms with Gasteiger partial charge < -0.3 is 5.11 Å². The smallest absolute Gasteiger partial charge is 0.0443 e. The Hall–Kier alpha value is -0.0800. The summed E-state index contributed by atoms with van der Waals surface area (Å²) in [5.74, 6) is 0.818. The summed E-state index contributed by atoms with van der Waals surface area (Å²) in [4.78, 5) is 2.49. The third-order valence-corrected chi connectivity index (χ3v) is 2.82. The van der Waals surface area contributed by atoms with E-state index in [0.717, 1.165) is 18.9 Å². The van der Waals surface area contributed by atoms with Crippen molar-refractivity contribution in [3.8, 4) is 0 Å². The SMILES string of the molecule is CC1CN(CCCO)C(C)(C)C1. The monoisotopic (exact) mass is 171 g/mol. The normalized spacial score (nSPS) is 29.5. The molecule has 1 atom stereocenters. The molecule has 0 amide bonds. The number of aliphatic hydroxyl groups is 1. The van der Waals surface area contributed by atoms with Gasteiger partial charge in [-0.05, 0) is 32.6 Å². The van der Waals surface area contributed by atoms with Gasteiger partial charge >= 0.3 is 0 Å². The summed E-state index contributed by atoms with van der Waals surface area (Å²) in [7, 11) is 0. The Balaban J connectivity index is 2.42. The molecule has 0 aromatic heterocycles. The number of hydrogen-bond acceptors (Lipinski definition) is 2. The van der Waals surface area contributed by atoms with Crippen LogP contribution in [0.4, 0.5) is 0 Å². The van der Waals surface area contributed by atoms with Gasteiger partial charge in [0.15, 0.2) is 0 Å².